The number of fused-ring (bicyclic) bond motifs is 1. The maximum Gasteiger partial charge on any atom is 0.416 e. The second-order valence-corrected chi connectivity index (χ2v) is 10.1. The van der Waals surface area contributed by atoms with Gasteiger partial charge in [-0.1, -0.05) is 11.6 Å². The molecule has 33 heavy (non-hydrogen) atoms. The number of anilines is 1. The van der Waals surface area contributed by atoms with Crippen LogP contribution in [-0.2, 0) is 12.6 Å². The second kappa shape index (κ2) is 8.85. The van der Waals surface area contributed by atoms with Crippen LogP contribution < -0.4 is 11.1 Å². The predicted octanol–water partition coefficient (Wildman–Crippen LogP) is 5.90. The number of hydrogen-bond acceptors (Lipinski definition) is 5. The van der Waals surface area contributed by atoms with Gasteiger partial charge in [0.1, 0.15) is 5.82 Å². The minimum absolute atomic E-state index is 0.216. The number of aromatic nitrogens is 3. The first-order valence-electron chi connectivity index (χ1n) is 10.9. The van der Waals surface area contributed by atoms with Crippen LogP contribution >= 0.6 is 23.4 Å². The van der Waals surface area contributed by atoms with E-state index in [4.69, 9.17) is 17.3 Å². The fourth-order valence-electron chi connectivity index (χ4n) is 4.68. The van der Waals surface area contributed by atoms with Gasteiger partial charge < -0.3 is 11.1 Å². The van der Waals surface area contributed by atoms with Crippen LogP contribution in [0.2, 0.25) is 5.02 Å². The van der Waals surface area contributed by atoms with Gasteiger partial charge in [0.25, 0.3) is 0 Å². The van der Waals surface area contributed by atoms with Gasteiger partial charge in [-0.05, 0) is 68.1 Å². The highest BCUT2D eigenvalue weighted by atomic mass is 35.5. The third-order valence-electron chi connectivity index (χ3n) is 6.36. The van der Waals surface area contributed by atoms with Gasteiger partial charge in [0.15, 0.2) is 0 Å². The normalized spacial score (nSPS) is 19.1. The molecule has 3 N–H and O–H groups in total. The highest BCUT2D eigenvalue weighted by Crippen LogP contribution is 2.51. The molecule has 1 atom stereocenters. The molecule has 1 saturated heterocycles. The molecule has 5 rings (SSSR count). The molecule has 174 valence electrons. The van der Waals surface area contributed by atoms with Crippen molar-refractivity contribution in [3.63, 3.8) is 0 Å². The summed E-state index contributed by atoms with van der Waals surface area (Å²) in [6.45, 7) is 1.96. The van der Waals surface area contributed by atoms with E-state index < -0.39 is 11.7 Å². The number of hydrogen-bond donors (Lipinski definition) is 2. The first kappa shape index (κ1) is 22.6. The molecule has 1 aromatic carbocycles. The lowest BCUT2D eigenvalue weighted by atomic mass is 10.0. The van der Waals surface area contributed by atoms with Gasteiger partial charge in [-0.2, -0.15) is 18.3 Å². The number of nitrogens with zero attached hydrogens (tertiary/aromatic N) is 3. The van der Waals surface area contributed by atoms with E-state index in [2.05, 4.69) is 15.4 Å². The number of thioether (sulfide) groups is 1. The number of nitrogens with two attached hydrogens (primary N) is 1. The van der Waals surface area contributed by atoms with E-state index >= 15 is 0 Å². The maximum atomic E-state index is 13.5. The largest absolute Gasteiger partial charge is 0.416 e. The first-order valence-corrected chi connectivity index (χ1v) is 12.1. The summed E-state index contributed by atoms with van der Waals surface area (Å²) >= 11 is 7.78. The summed E-state index contributed by atoms with van der Waals surface area (Å²) in [7, 11) is 0. The first-order chi connectivity index (χ1) is 15.8. The van der Waals surface area contributed by atoms with Gasteiger partial charge in [0.2, 0.25) is 0 Å². The minimum Gasteiger partial charge on any atom is -0.383 e. The van der Waals surface area contributed by atoms with E-state index in [0.29, 0.717) is 40.9 Å². The highest BCUT2D eigenvalue weighted by molar-refractivity contribution is 7.99. The van der Waals surface area contributed by atoms with E-state index in [1.807, 2.05) is 23.1 Å². The van der Waals surface area contributed by atoms with E-state index in [9.17, 15) is 13.2 Å². The van der Waals surface area contributed by atoms with Crippen molar-refractivity contribution in [3.05, 3.63) is 58.5 Å². The van der Waals surface area contributed by atoms with Gasteiger partial charge in [-0.25, -0.2) is 4.98 Å². The van der Waals surface area contributed by atoms with Crippen molar-refractivity contribution in [2.75, 3.05) is 18.8 Å². The van der Waals surface area contributed by atoms with E-state index in [-0.39, 0.29) is 5.25 Å². The smallest absolute Gasteiger partial charge is 0.383 e. The summed E-state index contributed by atoms with van der Waals surface area (Å²) in [4.78, 5) is 5.08. The van der Waals surface area contributed by atoms with E-state index in [1.54, 1.807) is 6.20 Å². The molecule has 1 aliphatic carbocycles. The zero-order valence-electron chi connectivity index (χ0n) is 17.7. The fourth-order valence-corrected chi connectivity index (χ4v) is 6.35. The Kier molecular flexibility index (Phi) is 6.05. The Bertz CT molecular complexity index is 1170. The Morgan fingerprint density at radius 1 is 1.12 bits per heavy atom. The molecule has 1 aliphatic heterocycles. The number of piperidine rings is 1. The molecule has 3 heterocycles. The Balaban J connectivity index is 1.42. The fraction of sp³-hybridized carbons (Fsp3) is 0.391. The third kappa shape index (κ3) is 4.46. The lowest BCUT2D eigenvalue weighted by molar-refractivity contribution is -0.138. The van der Waals surface area contributed by atoms with Crippen molar-refractivity contribution < 1.29 is 13.2 Å². The predicted molar refractivity (Wildman–Crippen MR) is 124 cm³/mol. The number of nitrogen functional groups attached to an aromatic ring is 1. The Hall–Kier alpha value is -2.23. The molecule has 0 saturated carbocycles. The number of pyridine rings is 1. The highest BCUT2D eigenvalue weighted by Gasteiger charge is 2.38. The molecule has 0 amide bonds. The molecule has 1 fully saturated rings. The van der Waals surface area contributed by atoms with Crippen molar-refractivity contribution in [1.29, 1.82) is 0 Å². The number of nitrogens with one attached hydrogen (secondary N) is 1. The maximum absolute atomic E-state index is 13.5. The molecule has 0 bridgehead atoms. The average Bonchev–Trinajstić information content (AvgIpc) is 3.44. The summed E-state index contributed by atoms with van der Waals surface area (Å²) in [5.41, 5.74) is 8.21. The standard InChI is InChI=1S/C23H23ClF3N5S/c24-18-3-2-17(23(25,26)27)16-1-4-19(21(16)18)33-20-9-13(10-30-22(20)28)14-11-31-32(12-14)15-5-7-29-8-6-15/h2-3,9-12,15,19,29H,1,4-8H2,(H2,28,30). The second-order valence-electron chi connectivity index (χ2n) is 8.43. The topological polar surface area (TPSA) is 68.8 Å². The number of rotatable bonds is 4. The van der Waals surface area contributed by atoms with E-state index in [0.717, 1.165) is 48.0 Å². The summed E-state index contributed by atoms with van der Waals surface area (Å²) < 4.78 is 42.4. The molecular formula is C23H23ClF3N5S. The van der Waals surface area contributed by atoms with Crippen molar-refractivity contribution >= 4 is 29.2 Å². The quantitative estimate of drug-likeness (QED) is 0.473. The van der Waals surface area contributed by atoms with Crippen LogP contribution in [0.1, 0.15) is 47.2 Å². The van der Waals surface area contributed by atoms with Gasteiger partial charge in [0.05, 0.1) is 22.7 Å². The van der Waals surface area contributed by atoms with Gasteiger partial charge >= 0.3 is 6.18 Å². The number of alkyl halides is 3. The molecule has 2 aromatic heterocycles. The SMILES string of the molecule is Nc1ncc(-c2cnn(C3CCNCC3)c2)cc1SC1CCc2c(C(F)(F)F)ccc(Cl)c21. The van der Waals surface area contributed by atoms with Crippen LogP contribution in [0.3, 0.4) is 0 Å². The van der Waals surface area contributed by atoms with Crippen molar-refractivity contribution in [3.8, 4) is 11.1 Å². The van der Waals surface area contributed by atoms with Crippen LogP contribution in [-0.4, -0.2) is 27.9 Å². The molecule has 1 unspecified atom stereocenters. The van der Waals surface area contributed by atoms with Gasteiger partial charge in [0, 0.05) is 33.8 Å². The molecule has 3 aromatic rings. The molecule has 5 nitrogen and oxygen atoms in total. The van der Waals surface area contributed by atoms with E-state index in [1.165, 1.54) is 17.8 Å². The van der Waals surface area contributed by atoms with Crippen LogP contribution in [0.15, 0.2) is 41.7 Å². The number of benzene rings is 1. The van der Waals surface area contributed by atoms with Crippen LogP contribution in [0.25, 0.3) is 11.1 Å². The summed E-state index contributed by atoms with van der Waals surface area (Å²) in [5, 5.41) is 8.04. The van der Waals surface area contributed by atoms with Crippen LogP contribution in [0.5, 0.6) is 0 Å². The third-order valence-corrected chi connectivity index (χ3v) is 8.02. The lowest BCUT2D eigenvalue weighted by Crippen LogP contribution is -2.29. The van der Waals surface area contributed by atoms with Crippen LogP contribution in [0, 0.1) is 0 Å². The zero-order valence-corrected chi connectivity index (χ0v) is 19.3. The molecule has 0 radical (unpaired) electrons. The van der Waals surface area contributed by atoms with Crippen molar-refractivity contribution in [1.82, 2.24) is 20.1 Å². The minimum atomic E-state index is -4.40. The zero-order chi connectivity index (χ0) is 23.2. The molecular weight excluding hydrogens is 471 g/mol. The summed E-state index contributed by atoms with van der Waals surface area (Å²) in [6, 6.07) is 4.73. The van der Waals surface area contributed by atoms with Crippen molar-refractivity contribution in [2.24, 2.45) is 0 Å². The van der Waals surface area contributed by atoms with Crippen LogP contribution in [0.4, 0.5) is 19.0 Å². The lowest BCUT2D eigenvalue weighted by Gasteiger charge is -2.22. The average molecular weight is 494 g/mol. The molecule has 2 aliphatic rings. The van der Waals surface area contributed by atoms with Crippen molar-refractivity contribution in [2.45, 2.75) is 48.0 Å². The monoisotopic (exact) mass is 493 g/mol. The molecule has 0 spiro atoms. The van der Waals surface area contributed by atoms with Gasteiger partial charge in [-0.15, -0.1) is 11.8 Å². The molecule has 10 heteroatoms. The van der Waals surface area contributed by atoms with Gasteiger partial charge in [-0.3, -0.25) is 4.68 Å². The Morgan fingerprint density at radius 2 is 1.91 bits per heavy atom. The Labute approximate surface area is 198 Å². The number of halogens is 4. The Morgan fingerprint density at radius 3 is 2.67 bits per heavy atom. The summed E-state index contributed by atoms with van der Waals surface area (Å²) in [5.74, 6) is 0.353. The summed E-state index contributed by atoms with van der Waals surface area (Å²) in [6.07, 6.45) is 4.11.